The highest BCUT2D eigenvalue weighted by atomic mass is 79.9. The van der Waals surface area contributed by atoms with Gasteiger partial charge in [0.1, 0.15) is 4.60 Å². The molecular weight excluding hydrogens is 290 g/mol. The molecule has 0 aromatic carbocycles. The van der Waals surface area contributed by atoms with Gasteiger partial charge in [-0.1, -0.05) is 0 Å². The van der Waals surface area contributed by atoms with Gasteiger partial charge in [0, 0.05) is 17.8 Å². The minimum atomic E-state index is 0.841. The summed E-state index contributed by atoms with van der Waals surface area (Å²) in [6.45, 7) is 0. The minimum Gasteiger partial charge on any atom is -0.313 e. The summed E-state index contributed by atoms with van der Waals surface area (Å²) in [5, 5.41) is 1.08. The lowest BCUT2D eigenvalue weighted by molar-refractivity contribution is 1.24. The van der Waals surface area contributed by atoms with Gasteiger partial charge >= 0.3 is 0 Å². The Bertz CT molecular complexity index is 895. The Labute approximate surface area is 111 Å². The van der Waals surface area contributed by atoms with Crippen molar-refractivity contribution in [1.82, 2.24) is 14.4 Å². The van der Waals surface area contributed by atoms with Gasteiger partial charge in [-0.05, 0) is 52.3 Å². The minimum absolute atomic E-state index is 0.841. The maximum atomic E-state index is 4.58. The Morgan fingerprint density at radius 1 is 0.944 bits per heavy atom. The monoisotopic (exact) mass is 297 g/mol. The Morgan fingerprint density at radius 3 is 2.72 bits per heavy atom. The van der Waals surface area contributed by atoms with Gasteiger partial charge in [0.25, 0.3) is 0 Å². The van der Waals surface area contributed by atoms with E-state index in [4.69, 9.17) is 0 Å². The highest BCUT2D eigenvalue weighted by Crippen LogP contribution is 2.28. The molecular formula is C14H8BrN3. The predicted octanol–water partition coefficient (Wildman–Crippen LogP) is 3.80. The second-order valence-corrected chi connectivity index (χ2v) is 4.98. The van der Waals surface area contributed by atoms with Crippen LogP contribution in [-0.4, -0.2) is 14.4 Å². The number of halogens is 1. The van der Waals surface area contributed by atoms with Crippen molar-refractivity contribution < 1.29 is 0 Å². The van der Waals surface area contributed by atoms with Gasteiger partial charge in [-0.15, -0.1) is 0 Å². The molecule has 0 radical (unpaired) electrons. The number of nitrogens with zero attached hydrogens (tertiary/aromatic N) is 3. The lowest BCUT2D eigenvalue weighted by Gasteiger charge is -2.07. The first-order valence-electron chi connectivity index (χ1n) is 5.64. The smallest absolute Gasteiger partial charge is 0.106 e. The van der Waals surface area contributed by atoms with E-state index < -0.39 is 0 Å². The standard InChI is InChI=1S/C14H8BrN3/c15-12-6-5-9-13-10(3-1-7-16-13)18-8-2-4-11(18)14(9)17-12/h1-8H. The summed E-state index contributed by atoms with van der Waals surface area (Å²) in [7, 11) is 0. The summed E-state index contributed by atoms with van der Waals surface area (Å²) in [5.74, 6) is 0. The van der Waals surface area contributed by atoms with E-state index in [9.17, 15) is 0 Å². The molecule has 0 aliphatic carbocycles. The molecule has 0 saturated heterocycles. The van der Waals surface area contributed by atoms with Crippen LogP contribution in [-0.2, 0) is 0 Å². The summed E-state index contributed by atoms with van der Waals surface area (Å²) < 4.78 is 2.97. The van der Waals surface area contributed by atoms with Crippen molar-refractivity contribution in [2.24, 2.45) is 0 Å². The van der Waals surface area contributed by atoms with Crippen molar-refractivity contribution in [2.45, 2.75) is 0 Å². The third kappa shape index (κ3) is 1.24. The second kappa shape index (κ2) is 3.53. The van der Waals surface area contributed by atoms with Crippen LogP contribution in [0.25, 0.3) is 27.5 Å². The summed E-state index contributed by atoms with van der Waals surface area (Å²) in [4.78, 5) is 9.07. The van der Waals surface area contributed by atoms with E-state index in [-0.39, 0.29) is 0 Å². The molecule has 86 valence electrons. The molecule has 0 atom stereocenters. The average Bonchev–Trinajstić information content (AvgIpc) is 2.88. The molecule has 0 aliphatic rings. The third-order valence-electron chi connectivity index (χ3n) is 3.15. The number of aromatic nitrogens is 3. The molecule has 4 rings (SSSR count). The molecule has 0 unspecified atom stereocenters. The fraction of sp³-hybridized carbons (Fsp3) is 0. The van der Waals surface area contributed by atoms with Crippen LogP contribution in [0.15, 0.2) is 53.4 Å². The summed E-state index contributed by atoms with van der Waals surface area (Å²) in [5.41, 5.74) is 4.16. The van der Waals surface area contributed by atoms with E-state index >= 15 is 0 Å². The van der Waals surface area contributed by atoms with Gasteiger partial charge in [0.05, 0.1) is 22.1 Å². The predicted molar refractivity (Wildman–Crippen MR) is 75.7 cm³/mol. The van der Waals surface area contributed by atoms with E-state index in [1.165, 1.54) is 0 Å². The first-order chi connectivity index (χ1) is 8.84. The molecule has 0 fully saturated rings. The molecule has 4 aromatic rings. The topological polar surface area (TPSA) is 30.2 Å². The van der Waals surface area contributed by atoms with Gasteiger partial charge in [-0.2, -0.15) is 0 Å². The summed E-state index contributed by atoms with van der Waals surface area (Å²) in [6.07, 6.45) is 3.86. The Morgan fingerprint density at radius 2 is 1.78 bits per heavy atom. The largest absolute Gasteiger partial charge is 0.313 e. The molecule has 0 aliphatic heterocycles. The van der Waals surface area contributed by atoms with Crippen LogP contribution in [0.4, 0.5) is 0 Å². The molecule has 4 heterocycles. The molecule has 0 amide bonds. The first kappa shape index (κ1) is 10.0. The highest BCUT2D eigenvalue weighted by Gasteiger charge is 2.09. The van der Waals surface area contributed by atoms with Gasteiger partial charge in [-0.3, -0.25) is 4.98 Å². The van der Waals surface area contributed by atoms with Gasteiger partial charge in [0.2, 0.25) is 0 Å². The number of hydrogen-bond acceptors (Lipinski definition) is 2. The summed E-state index contributed by atoms with van der Waals surface area (Å²) >= 11 is 3.43. The van der Waals surface area contributed by atoms with Crippen molar-refractivity contribution in [3.8, 4) is 0 Å². The van der Waals surface area contributed by atoms with Crippen molar-refractivity contribution in [2.75, 3.05) is 0 Å². The fourth-order valence-corrected chi connectivity index (χ4v) is 2.71. The quantitative estimate of drug-likeness (QED) is 0.365. The van der Waals surface area contributed by atoms with Gasteiger partial charge < -0.3 is 4.40 Å². The maximum absolute atomic E-state index is 4.58. The fourth-order valence-electron chi connectivity index (χ4n) is 2.40. The first-order valence-corrected chi connectivity index (χ1v) is 6.44. The Hall–Kier alpha value is -1.94. The van der Waals surface area contributed by atoms with Gasteiger partial charge in [-0.25, -0.2) is 4.98 Å². The second-order valence-electron chi connectivity index (χ2n) is 4.16. The lowest BCUT2D eigenvalue weighted by atomic mass is 10.2. The summed E-state index contributed by atoms with van der Waals surface area (Å²) in [6, 6.07) is 12.2. The van der Waals surface area contributed by atoms with Crippen molar-refractivity contribution in [1.29, 1.82) is 0 Å². The maximum Gasteiger partial charge on any atom is 0.106 e. The van der Waals surface area contributed by atoms with E-state index in [0.29, 0.717) is 0 Å². The molecule has 18 heavy (non-hydrogen) atoms. The molecule has 0 N–H and O–H groups in total. The molecule has 0 bridgehead atoms. The van der Waals surface area contributed by atoms with Crippen LogP contribution in [0, 0.1) is 0 Å². The average molecular weight is 298 g/mol. The van der Waals surface area contributed by atoms with Crippen LogP contribution in [0.5, 0.6) is 0 Å². The molecule has 4 heteroatoms. The van der Waals surface area contributed by atoms with Crippen molar-refractivity contribution in [3.05, 3.63) is 53.4 Å². The zero-order valence-electron chi connectivity index (χ0n) is 9.34. The van der Waals surface area contributed by atoms with Crippen LogP contribution in [0.2, 0.25) is 0 Å². The van der Waals surface area contributed by atoms with Crippen LogP contribution < -0.4 is 0 Å². The van der Waals surface area contributed by atoms with Gasteiger partial charge in [0.15, 0.2) is 0 Å². The number of fused-ring (bicyclic) bond motifs is 6. The lowest BCUT2D eigenvalue weighted by Crippen LogP contribution is -1.93. The van der Waals surface area contributed by atoms with E-state index in [1.807, 2.05) is 30.6 Å². The molecule has 4 aromatic heterocycles. The van der Waals surface area contributed by atoms with Crippen LogP contribution in [0.1, 0.15) is 0 Å². The highest BCUT2D eigenvalue weighted by molar-refractivity contribution is 9.10. The SMILES string of the molecule is Brc1ccc2c3ncccc3n3cccc3c2n1. The van der Waals surface area contributed by atoms with Crippen molar-refractivity contribution in [3.63, 3.8) is 0 Å². The molecule has 0 saturated carbocycles. The van der Waals surface area contributed by atoms with Crippen LogP contribution in [0.3, 0.4) is 0 Å². The Balaban J connectivity index is 2.44. The third-order valence-corrected chi connectivity index (χ3v) is 3.60. The Kier molecular flexibility index (Phi) is 1.96. The molecule has 0 spiro atoms. The zero-order chi connectivity index (χ0) is 12.1. The van der Waals surface area contributed by atoms with E-state index in [0.717, 1.165) is 32.1 Å². The number of pyridine rings is 3. The normalized spacial score (nSPS) is 11.6. The van der Waals surface area contributed by atoms with Crippen LogP contribution >= 0.6 is 15.9 Å². The molecule has 3 nitrogen and oxygen atoms in total. The van der Waals surface area contributed by atoms with E-state index in [2.05, 4.69) is 48.5 Å². The zero-order valence-corrected chi connectivity index (χ0v) is 10.9. The number of rotatable bonds is 0. The van der Waals surface area contributed by atoms with Crippen molar-refractivity contribution >= 4 is 43.4 Å². The van der Waals surface area contributed by atoms with E-state index in [1.54, 1.807) is 0 Å². The number of hydrogen-bond donors (Lipinski definition) is 0.